The highest BCUT2D eigenvalue weighted by Gasteiger charge is 2.79. The molecule has 18 nitrogen and oxygen atoms in total. The van der Waals surface area contributed by atoms with Gasteiger partial charge in [0, 0.05) is 48.6 Å². The van der Waals surface area contributed by atoms with Crippen molar-refractivity contribution >= 4 is 41.4 Å². The predicted molar refractivity (Wildman–Crippen MR) is 254 cm³/mol. The number of hydrogen-bond donors (Lipinski definition) is 3. The van der Waals surface area contributed by atoms with Crippen LogP contribution in [-0.2, 0) is 47.9 Å². The molecule has 5 aliphatic rings. The molecule has 0 radical (unpaired) electrons. The summed E-state index contributed by atoms with van der Waals surface area (Å²) in [7, 11) is 3.01. The fourth-order valence-electron chi connectivity index (χ4n) is 12.1. The molecule has 4 N–H and O–H groups in total. The highest BCUT2D eigenvalue weighted by atomic mass is 32.2. The second kappa shape index (κ2) is 19.5. The van der Waals surface area contributed by atoms with Crippen LogP contribution in [0.3, 0.4) is 0 Å². The van der Waals surface area contributed by atoms with Crippen molar-refractivity contribution in [3.63, 3.8) is 0 Å². The third-order valence-corrected chi connectivity index (χ3v) is 17.0. The number of nitrogens with zero attached hydrogens (tertiary/aromatic N) is 1. The maximum Gasteiger partial charge on any atom is 0.338 e. The topological polar surface area (TPSA) is 238 Å². The number of carbonyl (C=O) groups excluding carboxylic acids is 5. The van der Waals surface area contributed by atoms with Crippen LogP contribution in [0.15, 0.2) is 108 Å². The Bertz CT molecular complexity index is 2730. The lowest BCUT2D eigenvalue weighted by molar-refractivity contribution is -0.350. The summed E-state index contributed by atoms with van der Waals surface area (Å²) in [5.74, 6) is -1.96. The average Bonchev–Trinajstić information content (AvgIpc) is 3.74. The van der Waals surface area contributed by atoms with E-state index in [1.54, 1.807) is 81.4 Å². The van der Waals surface area contributed by atoms with Crippen molar-refractivity contribution in [1.82, 2.24) is 4.31 Å². The lowest BCUT2D eigenvalue weighted by Crippen LogP contribution is -2.82. The van der Waals surface area contributed by atoms with E-state index in [2.05, 4.69) is 4.99 Å². The van der Waals surface area contributed by atoms with E-state index in [4.69, 9.17) is 43.9 Å². The van der Waals surface area contributed by atoms with Crippen LogP contribution < -0.4 is 20.3 Å². The Balaban J connectivity index is 1.17. The van der Waals surface area contributed by atoms with Crippen LogP contribution >= 0.6 is 11.9 Å². The fourth-order valence-corrected chi connectivity index (χ4v) is 13.3. The summed E-state index contributed by atoms with van der Waals surface area (Å²) < 4.78 is 45.2. The molecule has 9 rings (SSSR count). The summed E-state index contributed by atoms with van der Waals surface area (Å²) in [4.78, 5) is 83.9. The first kappa shape index (κ1) is 51.0. The lowest BCUT2D eigenvalue weighted by atomic mass is 9.42. The number of aliphatic hydroxyl groups excluding tert-OH is 1. The van der Waals surface area contributed by atoms with Gasteiger partial charge in [0.15, 0.2) is 23.7 Å². The maximum atomic E-state index is 15.4. The van der Waals surface area contributed by atoms with Crippen molar-refractivity contribution in [1.29, 1.82) is 0 Å². The van der Waals surface area contributed by atoms with Gasteiger partial charge in [-0.2, -0.15) is 5.90 Å². The zero-order valence-electron chi connectivity index (χ0n) is 40.8. The molecule has 2 heterocycles. The van der Waals surface area contributed by atoms with Gasteiger partial charge in [-0.3, -0.25) is 14.4 Å². The van der Waals surface area contributed by atoms with E-state index >= 15 is 14.4 Å². The molecule has 0 amide bonds. The zero-order valence-corrected chi connectivity index (χ0v) is 41.6. The van der Waals surface area contributed by atoms with Crippen LogP contribution in [0, 0.1) is 28.6 Å². The number of esters is 3. The molecule has 5 fully saturated rings. The minimum atomic E-state index is -2.35. The van der Waals surface area contributed by atoms with Crippen LogP contribution in [0.4, 0.5) is 0 Å². The number of aliphatic hydroxyl groups is 2. The molecule has 72 heavy (non-hydrogen) atoms. The summed E-state index contributed by atoms with van der Waals surface area (Å²) in [6.45, 7) is 7.11. The Morgan fingerprint density at radius 3 is 2.19 bits per heavy atom. The van der Waals surface area contributed by atoms with Crippen LogP contribution in [0.25, 0.3) is 0 Å². The number of rotatable bonds is 13. The Labute approximate surface area is 420 Å². The Hall–Kier alpha value is -5.90. The van der Waals surface area contributed by atoms with E-state index in [9.17, 15) is 19.8 Å². The molecule has 4 aromatic carbocycles. The Morgan fingerprint density at radius 1 is 0.875 bits per heavy atom. The molecule has 19 heteroatoms. The quantitative estimate of drug-likeness (QED) is 0.0357. The number of nitrogens with two attached hydrogens (primary N) is 1. The van der Waals surface area contributed by atoms with Gasteiger partial charge in [-0.1, -0.05) is 86.4 Å². The third kappa shape index (κ3) is 8.23. The SMILES string of the molecule is COc1ccc(C2O[C@@H](C(=O)O[C@H]3C[C@@]4(O)[C@@H](OC(=O)c5ccccc5)[C@@H]5[C@]6(OC(C)=O)CO[C@@H]6C[C@H](O)[C@@]5(C)C(=O)C(=O)C(C3C)C4(C)C)[C@H](c3ccccc3)N2Sc2ccccc2OON)c(OC)c1. The van der Waals surface area contributed by atoms with Gasteiger partial charge >= 0.3 is 17.9 Å². The van der Waals surface area contributed by atoms with Gasteiger partial charge in [-0.05, 0) is 60.8 Å². The smallest absolute Gasteiger partial charge is 0.338 e. The zero-order chi connectivity index (χ0) is 51.5. The second-order valence-electron chi connectivity index (χ2n) is 19.9. The molecule has 2 saturated heterocycles. The van der Waals surface area contributed by atoms with Gasteiger partial charge in [-0.15, -0.1) is 0 Å². The molecular weight excluding hydrogens is 953 g/mol. The van der Waals surface area contributed by atoms with Gasteiger partial charge in [-0.25, -0.2) is 13.9 Å². The standard InChI is InChI=1S/C53H58N2O16S/c1-28-36(66-49(61)43-41(30-16-10-8-11-17-30)55(72-37-21-15-14-20-34(37)70-71-54)47(67-43)33-23-22-32(63-6)24-35(33)64-7)26-53(62)46(68-48(60)31-18-12-9-13-19-31)44-51(5,45(59)42(58)40(28)50(53,3)4)38(57)25-39-52(44,27-65-39)69-29(2)56/h8-24,28,36,38-41,43-44,46-47,57,62H,25-27,54H2,1-7H3/t28?,36-,38-,39+,40?,41-,43+,44-,46-,47?,51+,52-,53+/m0/s1. The highest BCUT2D eigenvalue weighted by Crippen LogP contribution is 2.65. The van der Waals surface area contributed by atoms with Gasteiger partial charge in [0.25, 0.3) is 0 Å². The number of carbonyl (C=O) groups is 5. The van der Waals surface area contributed by atoms with Crippen molar-refractivity contribution in [2.24, 2.45) is 34.5 Å². The third-order valence-electron chi connectivity index (χ3n) is 15.8. The van der Waals surface area contributed by atoms with Gasteiger partial charge in [0.05, 0.1) is 54.8 Å². The van der Waals surface area contributed by atoms with E-state index in [1.165, 1.54) is 52.1 Å². The Kier molecular flexibility index (Phi) is 13.8. The van der Waals surface area contributed by atoms with Gasteiger partial charge in [0.1, 0.15) is 35.4 Å². The van der Waals surface area contributed by atoms with Crippen molar-refractivity contribution in [2.45, 2.75) is 106 Å². The number of methoxy groups -OCH3 is 2. The van der Waals surface area contributed by atoms with E-state index in [0.717, 1.165) is 0 Å². The summed E-state index contributed by atoms with van der Waals surface area (Å²) in [6, 6.07) is 28.2. The Morgan fingerprint density at radius 2 is 1.56 bits per heavy atom. The van der Waals surface area contributed by atoms with Crippen LogP contribution in [-0.4, -0.2) is 107 Å². The molecule has 3 saturated carbocycles. The van der Waals surface area contributed by atoms with E-state index in [0.29, 0.717) is 27.5 Å². The summed E-state index contributed by atoms with van der Waals surface area (Å²) in [5.41, 5.74) is -6.58. The lowest BCUT2D eigenvalue weighted by Gasteiger charge is -2.67. The van der Waals surface area contributed by atoms with Crippen molar-refractivity contribution in [3.05, 3.63) is 120 Å². The highest BCUT2D eigenvalue weighted by molar-refractivity contribution is 7.97. The first-order chi connectivity index (χ1) is 34.4. The molecule has 382 valence electrons. The largest absolute Gasteiger partial charge is 0.497 e. The van der Waals surface area contributed by atoms with Gasteiger partial charge < -0.3 is 48.3 Å². The number of ether oxygens (including phenoxy) is 7. The fraction of sp³-hybridized carbons (Fsp3) is 0.453. The second-order valence-corrected chi connectivity index (χ2v) is 20.9. The predicted octanol–water partition coefficient (Wildman–Crippen LogP) is 5.83. The molecule has 3 unspecified atom stereocenters. The number of fused-ring (bicyclic) bond motifs is 5. The molecule has 3 aliphatic carbocycles. The van der Waals surface area contributed by atoms with Crippen molar-refractivity contribution in [3.8, 4) is 17.2 Å². The number of ketones is 2. The van der Waals surface area contributed by atoms with E-state index in [1.807, 2.05) is 34.6 Å². The van der Waals surface area contributed by atoms with Crippen molar-refractivity contribution < 1.29 is 77.2 Å². The summed E-state index contributed by atoms with van der Waals surface area (Å²) in [6.07, 6.45) is -8.87. The molecule has 13 atom stereocenters. The minimum Gasteiger partial charge on any atom is -0.497 e. The van der Waals surface area contributed by atoms with Gasteiger partial charge in [0.2, 0.25) is 11.6 Å². The van der Waals surface area contributed by atoms with Crippen LogP contribution in [0.1, 0.15) is 81.2 Å². The number of para-hydroxylation sites is 1. The number of benzene rings is 4. The average molecular weight is 1010 g/mol. The molecule has 2 aliphatic heterocycles. The monoisotopic (exact) mass is 1010 g/mol. The normalized spacial score (nSPS) is 33.7. The maximum absolute atomic E-state index is 15.4. The molecule has 0 spiro atoms. The summed E-state index contributed by atoms with van der Waals surface area (Å²) in [5, 5.41) is 25.9. The number of hydrogen-bond acceptors (Lipinski definition) is 19. The van der Waals surface area contributed by atoms with Crippen LogP contribution in [0.2, 0.25) is 0 Å². The first-order valence-electron chi connectivity index (χ1n) is 23.6. The molecule has 2 bridgehead atoms. The first-order valence-corrected chi connectivity index (χ1v) is 24.4. The molecular formula is C53H58N2O16S. The van der Waals surface area contributed by atoms with E-state index < -0.39 is 118 Å². The van der Waals surface area contributed by atoms with Crippen molar-refractivity contribution in [2.75, 3.05) is 20.8 Å². The molecule has 0 aromatic heterocycles. The van der Waals surface area contributed by atoms with E-state index in [-0.39, 0.29) is 24.3 Å². The summed E-state index contributed by atoms with van der Waals surface area (Å²) >= 11 is 1.18. The minimum absolute atomic E-state index is 0.0913. The number of Topliss-reactive ketones (excluding diaryl/α,β-unsaturated/α-hetero) is 2. The van der Waals surface area contributed by atoms with Crippen LogP contribution in [0.5, 0.6) is 17.2 Å². The molecule has 4 aromatic rings.